The zero-order chi connectivity index (χ0) is 37.1. The second kappa shape index (κ2) is 23.8. The summed E-state index contributed by atoms with van der Waals surface area (Å²) in [6, 6.07) is 52.4. The zero-order valence-electron chi connectivity index (χ0n) is 33.2. The molecule has 2 aromatic heterocycles. The van der Waals surface area contributed by atoms with Gasteiger partial charge in [-0.1, -0.05) is 180 Å². The van der Waals surface area contributed by atoms with Gasteiger partial charge in [0, 0.05) is 51.5 Å². The number of nitrogens with zero attached hydrogens (tertiary/aromatic N) is 2. The minimum atomic E-state index is 0. The van der Waals surface area contributed by atoms with Gasteiger partial charge in [0.25, 0.3) is 0 Å². The molecule has 0 aliphatic carbocycles. The van der Waals surface area contributed by atoms with Gasteiger partial charge in [-0.2, -0.15) is 0 Å². The molecule has 8 aromatic rings. The molecule has 2 nitrogen and oxygen atoms in total. The molecule has 1 radical (unpaired) electrons. The van der Waals surface area contributed by atoms with Crippen LogP contribution in [-0.4, -0.2) is 9.13 Å². The number of rotatable bonds is 3. The molecule has 51 heavy (non-hydrogen) atoms. The summed E-state index contributed by atoms with van der Waals surface area (Å²) in [6.07, 6.45) is 0. The van der Waals surface area contributed by atoms with E-state index in [1.54, 1.807) is 0 Å². The van der Waals surface area contributed by atoms with Crippen molar-refractivity contribution in [3.63, 3.8) is 0 Å². The van der Waals surface area contributed by atoms with E-state index in [2.05, 4.69) is 155 Å². The fourth-order valence-electron chi connectivity index (χ4n) is 6.01. The van der Waals surface area contributed by atoms with Crippen LogP contribution < -0.4 is 0 Å². The smallest absolute Gasteiger partial charge is 0.0541 e. The van der Waals surface area contributed by atoms with E-state index in [-0.39, 0.29) is 18.6 Å². The molecule has 0 N–H and O–H groups in total. The third-order valence-electron chi connectivity index (χ3n) is 7.74. The summed E-state index contributed by atoms with van der Waals surface area (Å²) in [5, 5.41) is 5.14. The molecular weight excluding hydrogens is 655 g/mol. The third-order valence-corrected chi connectivity index (χ3v) is 7.74. The molecule has 0 atom stereocenters. The fraction of sp³-hybridized carbons (Fsp3) is 0.250. The number of aromatic nitrogens is 2. The minimum absolute atomic E-state index is 0. The summed E-state index contributed by atoms with van der Waals surface area (Å²) < 4.78 is 4.72. The van der Waals surface area contributed by atoms with Crippen LogP contribution in [0.4, 0.5) is 0 Å². The van der Waals surface area contributed by atoms with E-state index in [1.165, 1.54) is 66.1 Å². The van der Waals surface area contributed by atoms with Crippen LogP contribution in [0.2, 0.25) is 0 Å². The molecule has 6 aromatic carbocycles. The summed E-state index contributed by atoms with van der Waals surface area (Å²) in [5.41, 5.74) is 9.70. The monoisotopic (exact) mass is 715 g/mol. The van der Waals surface area contributed by atoms with Crippen LogP contribution in [0.15, 0.2) is 146 Å². The zero-order valence-corrected chi connectivity index (χ0v) is 34.6. The van der Waals surface area contributed by atoms with Crippen LogP contribution in [0.1, 0.15) is 83.1 Å². The van der Waals surface area contributed by atoms with Crippen LogP contribution in [0.3, 0.4) is 0 Å². The first-order valence-corrected chi connectivity index (χ1v) is 19.0. The molecule has 8 rings (SSSR count). The Morgan fingerprint density at radius 2 is 0.451 bits per heavy atom. The second-order valence-corrected chi connectivity index (χ2v) is 9.83. The van der Waals surface area contributed by atoms with Crippen LogP contribution in [0, 0.1) is 0 Å². The maximum Gasteiger partial charge on any atom is 0.0541 e. The van der Waals surface area contributed by atoms with Crippen LogP contribution in [0.5, 0.6) is 0 Å². The summed E-state index contributed by atoms with van der Waals surface area (Å²) in [4.78, 5) is 0. The maximum atomic E-state index is 2.36. The Labute approximate surface area is 321 Å². The van der Waals surface area contributed by atoms with Gasteiger partial charge in [0.05, 0.1) is 22.1 Å². The Balaban J connectivity index is 0.000000914. The van der Waals surface area contributed by atoms with Gasteiger partial charge in [-0.25, -0.2) is 0 Å². The van der Waals surface area contributed by atoms with E-state index >= 15 is 0 Å². The van der Waals surface area contributed by atoms with Gasteiger partial charge in [-0.3, -0.25) is 0 Å². The molecule has 0 spiro atoms. The molecule has 0 fully saturated rings. The van der Waals surface area contributed by atoms with Gasteiger partial charge in [-0.05, 0) is 59.7 Å². The number of fused-ring (bicyclic) bond motifs is 6. The van der Waals surface area contributed by atoms with E-state index in [9.17, 15) is 0 Å². The average Bonchev–Trinajstić information content (AvgIpc) is 3.76. The molecule has 0 amide bonds. The van der Waals surface area contributed by atoms with Crippen molar-refractivity contribution >= 4 is 43.6 Å². The van der Waals surface area contributed by atoms with Crippen molar-refractivity contribution in [2.24, 2.45) is 0 Å². The molecular formula is C48H60N2V. The Morgan fingerprint density at radius 3 is 0.667 bits per heavy atom. The molecule has 0 saturated heterocycles. The van der Waals surface area contributed by atoms with Gasteiger partial charge in [0.2, 0.25) is 0 Å². The van der Waals surface area contributed by atoms with Crippen LogP contribution in [0.25, 0.3) is 66.1 Å². The normalized spacial score (nSPS) is 9.41. The van der Waals surface area contributed by atoms with Crippen LogP contribution >= 0.6 is 0 Å². The van der Waals surface area contributed by atoms with E-state index in [1.807, 2.05) is 83.1 Å². The fourth-order valence-corrected chi connectivity index (χ4v) is 6.01. The standard InChI is InChI=1S/C36H24N2.6C2H6.V/c1-5-13-33-29(9-1)30-10-2-6-14-34(30)37(33)27-21-17-25(18-22-27)26-19-23-28(24-20-26)38-35-15-7-3-11-31(35)32-12-4-8-16-36(32)38;6*1-2;/h1-24H;6*1-2H3;. The van der Waals surface area contributed by atoms with E-state index in [4.69, 9.17) is 0 Å². The molecule has 3 heteroatoms. The van der Waals surface area contributed by atoms with Gasteiger partial charge < -0.3 is 9.13 Å². The van der Waals surface area contributed by atoms with Gasteiger partial charge in [-0.15, -0.1) is 0 Å². The first kappa shape index (κ1) is 44.5. The maximum absolute atomic E-state index is 2.36. The van der Waals surface area contributed by atoms with Crippen molar-refractivity contribution in [1.29, 1.82) is 0 Å². The Kier molecular flexibility index (Phi) is 20.8. The van der Waals surface area contributed by atoms with Crippen molar-refractivity contribution in [2.45, 2.75) is 83.1 Å². The predicted octanol–water partition coefficient (Wildman–Crippen LogP) is 15.7. The Morgan fingerprint density at radius 1 is 0.255 bits per heavy atom. The first-order valence-electron chi connectivity index (χ1n) is 19.0. The van der Waals surface area contributed by atoms with E-state index in [0.29, 0.717) is 0 Å². The third kappa shape index (κ3) is 9.44. The molecule has 267 valence electrons. The molecule has 2 heterocycles. The first-order chi connectivity index (χ1) is 24.9. The summed E-state index contributed by atoms with van der Waals surface area (Å²) in [6.45, 7) is 24.0. The number of hydrogen-bond acceptors (Lipinski definition) is 0. The summed E-state index contributed by atoms with van der Waals surface area (Å²) in [7, 11) is 0. The van der Waals surface area contributed by atoms with E-state index < -0.39 is 0 Å². The number of benzene rings is 6. The minimum Gasteiger partial charge on any atom is -0.309 e. The topological polar surface area (TPSA) is 9.86 Å². The Bertz CT molecular complexity index is 1850. The number of hydrogen-bond donors (Lipinski definition) is 0. The van der Waals surface area contributed by atoms with Gasteiger partial charge in [0.15, 0.2) is 0 Å². The van der Waals surface area contributed by atoms with Crippen molar-refractivity contribution in [1.82, 2.24) is 9.13 Å². The molecule has 0 saturated carbocycles. The van der Waals surface area contributed by atoms with E-state index in [0.717, 1.165) is 0 Å². The van der Waals surface area contributed by atoms with Gasteiger partial charge >= 0.3 is 0 Å². The summed E-state index contributed by atoms with van der Waals surface area (Å²) >= 11 is 0. The van der Waals surface area contributed by atoms with Crippen molar-refractivity contribution in [2.75, 3.05) is 0 Å². The molecule has 0 aliphatic rings. The number of para-hydroxylation sites is 4. The average molecular weight is 716 g/mol. The Hall–Kier alpha value is -4.50. The quantitative estimate of drug-likeness (QED) is 0.172. The molecule has 0 unspecified atom stereocenters. The predicted molar refractivity (Wildman–Crippen MR) is 229 cm³/mol. The summed E-state index contributed by atoms with van der Waals surface area (Å²) in [5.74, 6) is 0. The molecule has 0 aliphatic heterocycles. The van der Waals surface area contributed by atoms with Crippen LogP contribution in [-0.2, 0) is 18.6 Å². The van der Waals surface area contributed by atoms with Crippen molar-refractivity contribution in [3.8, 4) is 22.5 Å². The second-order valence-electron chi connectivity index (χ2n) is 9.83. The SMILES string of the molecule is CC.CC.CC.CC.CC.CC.[V].c1ccc2c(c1)c1ccccc1n2-c1ccc(-c2ccc(-n3c4ccccc4c4ccccc43)cc2)cc1. The largest absolute Gasteiger partial charge is 0.309 e. The van der Waals surface area contributed by atoms with Gasteiger partial charge in [0.1, 0.15) is 0 Å². The van der Waals surface area contributed by atoms with Crippen molar-refractivity contribution in [3.05, 3.63) is 146 Å². The molecule has 0 bridgehead atoms. The van der Waals surface area contributed by atoms with Crippen molar-refractivity contribution < 1.29 is 18.6 Å².